The number of hydrogen-bond acceptors (Lipinski definition) is 5. The molecule has 0 bridgehead atoms. The van der Waals surface area contributed by atoms with Crippen LogP contribution in [-0.4, -0.2) is 16.8 Å². The molecule has 3 heterocycles. The summed E-state index contributed by atoms with van der Waals surface area (Å²) in [5.41, 5.74) is 0.0300. The molecule has 0 fully saturated rings. The third-order valence-corrected chi connectivity index (χ3v) is 3.79. The van der Waals surface area contributed by atoms with Crippen molar-refractivity contribution >= 4 is 23.0 Å². The maximum Gasteiger partial charge on any atom is 0.287 e. The van der Waals surface area contributed by atoms with Gasteiger partial charge in [0.2, 0.25) is 5.78 Å². The summed E-state index contributed by atoms with van der Waals surface area (Å²) in [6, 6.07) is 6.07. The van der Waals surface area contributed by atoms with E-state index in [0.717, 1.165) is 4.88 Å². The summed E-state index contributed by atoms with van der Waals surface area (Å²) in [5.74, 6) is -1.58. The van der Waals surface area contributed by atoms with E-state index in [1.807, 2.05) is 11.4 Å². The minimum Gasteiger partial charge on any atom is -0.503 e. The van der Waals surface area contributed by atoms with Gasteiger partial charge in [-0.3, -0.25) is 9.59 Å². The van der Waals surface area contributed by atoms with Gasteiger partial charge in [0.1, 0.15) is 0 Å². The van der Waals surface area contributed by atoms with Crippen molar-refractivity contribution in [3.63, 3.8) is 0 Å². The first-order valence-electron chi connectivity index (χ1n) is 5.54. The lowest BCUT2D eigenvalue weighted by molar-refractivity contribution is -0.119. The lowest BCUT2D eigenvalue weighted by Crippen LogP contribution is -2.22. The van der Waals surface area contributed by atoms with Gasteiger partial charge >= 0.3 is 0 Å². The normalized spacial score (nSPS) is 18.7. The number of aliphatic hydroxyl groups excluding tert-OH is 1. The SMILES string of the molecule is O=C1N[C@H](c2cccs2)C(C(=O)c2ccco2)=C1O. The Balaban J connectivity index is 2.05. The molecule has 5 nitrogen and oxygen atoms in total. The zero-order valence-corrected chi connectivity index (χ0v) is 10.4. The van der Waals surface area contributed by atoms with Crippen molar-refractivity contribution in [2.45, 2.75) is 6.04 Å². The molecule has 0 spiro atoms. The Bertz CT molecular complexity index is 655. The second-order valence-electron chi connectivity index (χ2n) is 3.99. The summed E-state index contributed by atoms with van der Waals surface area (Å²) < 4.78 is 5.03. The van der Waals surface area contributed by atoms with E-state index in [9.17, 15) is 14.7 Å². The summed E-state index contributed by atoms with van der Waals surface area (Å²) >= 11 is 1.40. The molecule has 1 aliphatic heterocycles. The van der Waals surface area contributed by atoms with E-state index >= 15 is 0 Å². The van der Waals surface area contributed by atoms with Crippen LogP contribution in [-0.2, 0) is 4.79 Å². The second-order valence-corrected chi connectivity index (χ2v) is 4.97. The molecule has 1 amide bonds. The molecule has 0 aromatic carbocycles. The van der Waals surface area contributed by atoms with Gasteiger partial charge in [0, 0.05) is 4.88 Å². The van der Waals surface area contributed by atoms with E-state index in [-0.39, 0.29) is 11.3 Å². The largest absolute Gasteiger partial charge is 0.503 e. The van der Waals surface area contributed by atoms with E-state index in [0.29, 0.717) is 0 Å². The van der Waals surface area contributed by atoms with Gasteiger partial charge in [-0.2, -0.15) is 0 Å². The highest BCUT2D eigenvalue weighted by Gasteiger charge is 2.38. The van der Waals surface area contributed by atoms with Crippen LogP contribution in [0.1, 0.15) is 21.5 Å². The number of nitrogens with one attached hydrogen (secondary N) is 1. The molecule has 2 aromatic heterocycles. The lowest BCUT2D eigenvalue weighted by Gasteiger charge is -2.10. The molecule has 19 heavy (non-hydrogen) atoms. The molecule has 0 radical (unpaired) electrons. The molecule has 2 N–H and O–H groups in total. The van der Waals surface area contributed by atoms with Crippen molar-refractivity contribution in [3.8, 4) is 0 Å². The molecular formula is C13H9NO4S. The van der Waals surface area contributed by atoms with Crippen LogP contribution in [0, 0.1) is 0 Å². The molecule has 6 heteroatoms. The van der Waals surface area contributed by atoms with E-state index in [1.54, 1.807) is 12.1 Å². The molecule has 2 aromatic rings. The molecule has 0 saturated heterocycles. The molecule has 0 saturated carbocycles. The van der Waals surface area contributed by atoms with Crippen LogP contribution in [0.3, 0.4) is 0 Å². The fraction of sp³-hybridized carbons (Fsp3) is 0.0769. The summed E-state index contributed by atoms with van der Waals surface area (Å²) in [6.07, 6.45) is 1.37. The van der Waals surface area contributed by atoms with Crippen molar-refractivity contribution in [2.75, 3.05) is 0 Å². The Labute approximate surface area is 112 Å². The lowest BCUT2D eigenvalue weighted by atomic mass is 10.0. The highest BCUT2D eigenvalue weighted by Crippen LogP contribution is 2.33. The van der Waals surface area contributed by atoms with Gasteiger partial charge in [-0.25, -0.2) is 0 Å². The van der Waals surface area contributed by atoms with Crippen LogP contribution >= 0.6 is 11.3 Å². The van der Waals surface area contributed by atoms with Gasteiger partial charge in [-0.05, 0) is 23.6 Å². The van der Waals surface area contributed by atoms with Crippen LogP contribution < -0.4 is 5.32 Å². The Morgan fingerprint density at radius 3 is 2.84 bits per heavy atom. The molecule has 0 aliphatic carbocycles. The van der Waals surface area contributed by atoms with Crippen molar-refractivity contribution in [2.24, 2.45) is 0 Å². The first kappa shape index (κ1) is 11.7. The Morgan fingerprint density at radius 1 is 1.37 bits per heavy atom. The second kappa shape index (κ2) is 4.40. The van der Waals surface area contributed by atoms with Gasteiger partial charge < -0.3 is 14.8 Å². The Hall–Kier alpha value is -2.34. The number of thiophene rings is 1. The van der Waals surface area contributed by atoms with E-state index in [2.05, 4.69) is 5.32 Å². The summed E-state index contributed by atoms with van der Waals surface area (Å²) in [7, 11) is 0. The first-order chi connectivity index (χ1) is 9.18. The number of carbonyl (C=O) groups is 2. The van der Waals surface area contributed by atoms with Crippen molar-refractivity contribution in [1.82, 2.24) is 5.32 Å². The zero-order valence-electron chi connectivity index (χ0n) is 9.62. The predicted octanol–water partition coefficient (Wildman–Crippen LogP) is 2.21. The van der Waals surface area contributed by atoms with Crippen molar-refractivity contribution < 1.29 is 19.1 Å². The summed E-state index contributed by atoms with van der Waals surface area (Å²) in [4.78, 5) is 24.6. The Morgan fingerprint density at radius 2 is 2.21 bits per heavy atom. The quantitative estimate of drug-likeness (QED) is 0.842. The first-order valence-corrected chi connectivity index (χ1v) is 6.42. The van der Waals surface area contributed by atoms with Crippen LogP contribution in [0.5, 0.6) is 0 Å². The summed E-state index contributed by atoms with van der Waals surface area (Å²) in [5, 5.41) is 14.2. The highest BCUT2D eigenvalue weighted by atomic mass is 32.1. The average Bonchev–Trinajstić information content (AvgIpc) is 3.11. The molecular weight excluding hydrogens is 266 g/mol. The monoisotopic (exact) mass is 275 g/mol. The van der Waals surface area contributed by atoms with Gasteiger partial charge in [-0.1, -0.05) is 6.07 Å². The smallest absolute Gasteiger partial charge is 0.287 e. The number of rotatable bonds is 3. The van der Waals surface area contributed by atoms with Gasteiger partial charge in [0.05, 0.1) is 17.9 Å². The summed E-state index contributed by atoms with van der Waals surface area (Å²) in [6.45, 7) is 0. The number of aliphatic hydroxyl groups is 1. The molecule has 0 unspecified atom stereocenters. The molecule has 1 aliphatic rings. The number of Topliss-reactive ketones (excluding diaryl/α,β-unsaturated/α-hetero) is 1. The van der Waals surface area contributed by atoms with E-state index in [1.165, 1.54) is 23.7 Å². The number of hydrogen-bond donors (Lipinski definition) is 2. The minimum atomic E-state index is -0.645. The van der Waals surface area contributed by atoms with Gasteiger partial charge in [0.25, 0.3) is 5.91 Å². The number of amides is 1. The van der Waals surface area contributed by atoms with Crippen LogP contribution in [0.25, 0.3) is 0 Å². The number of carbonyl (C=O) groups excluding carboxylic acids is 2. The zero-order chi connectivity index (χ0) is 13.4. The van der Waals surface area contributed by atoms with Crippen molar-refractivity contribution in [3.05, 3.63) is 57.9 Å². The number of ketones is 1. The van der Waals surface area contributed by atoms with Crippen molar-refractivity contribution in [1.29, 1.82) is 0 Å². The van der Waals surface area contributed by atoms with Gasteiger partial charge in [-0.15, -0.1) is 11.3 Å². The van der Waals surface area contributed by atoms with Crippen LogP contribution in [0.15, 0.2) is 51.7 Å². The van der Waals surface area contributed by atoms with Crippen LogP contribution in [0.2, 0.25) is 0 Å². The standard InChI is InChI=1S/C13H9NO4S/c15-11(7-3-1-5-18-7)9-10(8-4-2-6-19-8)14-13(17)12(9)16/h1-6,10,16H,(H,14,17)/t10-/m1/s1. The van der Waals surface area contributed by atoms with E-state index in [4.69, 9.17) is 4.42 Å². The van der Waals surface area contributed by atoms with Crippen LogP contribution in [0.4, 0.5) is 0 Å². The Kier molecular flexibility index (Phi) is 2.72. The minimum absolute atomic E-state index is 0.0300. The molecule has 3 rings (SSSR count). The highest BCUT2D eigenvalue weighted by molar-refractivity contribution is 7.10. The maximum absolute atomic E-state index is 12.3. The predicted molar refractivity (Wildman–Crippen MR) is 67.9 cm³/mol. The van der Waals surface area contributed by atoms with Gasteiger partial charge in [0.15, 0.2) is 11.5 Å². The fourth-order valence-corrected chi connectivity index (χ4v) is 2.76. The molecule has 1 atom stereocenters. The third-order valence-electron chi connectivity index (χ3n) is 2.85. The fourth-order valence-electron chi connectivity index (χ4n) is 1.98. The van der Waals surface area contributed by atoms with E-state index < -0.39 is 23.5 Å². The average molecular weight is 275 g/mol. The maximum atomic E-state index is 12.3. The molecule has 96 valence electrons. The third kappa shape index (κ3) is 1.86. The number of furan rings is 1. The topological polar surface area (TPSA) is 79.5 Å².